The Balaban J connectivity index is 0.000000921. The van der Waals surface area contributed by atoms with E-state index < -0.39 is 0 Å². The lowest BCUT2D eigenvalue weighted by molar-refractivity contribution is -0.118. The maximum absolute atomic E-state index is 11.7. The van der Waals surface area contributed by atoms with Gasteiger partial charge < -0.3 is 0 Å². The second-order valence-electron chi connectivity index (χ2n) is 4.92. The van der Waals surface area contributed by atoms with E-state index in [0.717, 1.165) is 23.1 Å². The summed E-state index contributed by atoms with van der Waals surface area (Å²) in [6.45, 7) is 16.2. The number of carbonyl (C=O) groups excluding carboxylic acids is 1. The van der Waals surface area contributed by atoms with Crippen molar-refractivity contribution in [2.75, 3.05) is 0 Å². The predicted molar refractivity (Wildman–Crippen MR) is 66.9 cm³/mol. The van der Waals surface area contributed by atoms with Crippen LogP contribution in [0.25, 0.3) is 0 Å². The van der Waals surface area contributed by atoms with E-state index in [2.05, 4.69) is 20.4 Å². The highest BCUT2D eigenvalue weighted by Crippen LogP contribution is 2.39. The molecule has 0 radical (unpaired) electrons. The Morgan fingerprint density at radius 3 is 2.00 bits per heavy atom. The highest BCUT2D eigenvalue weighted by molar-refractivity contribution is 6.01. The molecule has 1 heteroatoms. The topological polar surface area (TPSA) is 17.1 Å². The molecule has 0 N–H and O–H groups in total. The van der Waals surface area contributed by atoms with Crippen molar-refractivity contribution in [2.45, 2.75) is 54.4 Å². The third-order valence-electron chi connectivity index (χ3n) is 2.46. The second kappa shape index (κ2) is 5.29. The van der Waals surface area contributed by atoms with Crippen LogP contribution in [0.15, 0.2) is 23.3 Å². The monoisotopic (exact) mass is 208 g/mol. The Morgan fingerprint density at radius 2 is 1.67 bits per heavy atom. The Bertz CT molecular complexity index is 266. The molecule has 0 bridgehead atoms. The zero-order valence-electron chi connectivity index (χ0n) is 11.0. The van der Waals surface area contributed by atoms with Crippen LogP contribution in [0.2, 0.25) is 0 Å². The molecule has 1 saturated carbocycles. The Morgan fingerprint density at radius 1 is 1.20 bits per heavy atom. The molecule has 0 aromatic heterocycles. The summed E-state index contributed by atoms with van der Waals surface area (Å²) in [5, 5.41) is 0. The molecule has 0 spiro atoms. The molecule has 1 aliphatic carbocycles. The van der Waals surface area contributed by atoms with Crippen molar-refractivity contribution < 1.29 is 4.79 Å². The first-order valence-electron chi connectivity index (χ1n) is 5.72. The van der Waals surface area contributed by atoms with Crippen LogP contribution in [0.4, 0.5) is 0 Å². The van der Waals surface area contributed by atoms with Crippen molar-refractivity contribution in [3.63, 3.8) is 0 Å². The number of Topliss-reactive ketones (excluding diaryl/α,β-unsaturated/α-hetero) is 1. The first kappa shape index (κ1) is 14.2. The summed E-state index contributed by atoms with van der Waals surface area (Å²) in [7, 11) is 0. The van der Waals surface area contributed by atoms with Gasteiger partial charge in [0.1, 0.15) is 0 Å². The summed E-state index contributed by atoms with van der Waals surface area (Å²) < 4.78 is 0. The SMILES string of the molecule is C=C1CC(C)(C)CC(=O)C1=C(C)C.CC. The van der Waals surface area contributed by atoms with Crippen LogP contribution in [0, 0.1) is 5.41 Å². The van der Waals surface area contributed by atoms with Gasteiger partial charge >= 0.3 is 0 Å². The lowest BCUT2D eigenvalue weighted by atomic mass is 9.72. The molecule has 0 heterocycles. The van der Waals surface area contributed by atoms with E-state index in [1.54, 1.807) is 0 Å². The van der Waals surface area contributed by atoms with Crippen LogP contribution in [-0.4, -0.2) is 5.78 Å². The molecular formula is C14H24O. The molecule has 15 heavy (non-hydrogen) atoms. The summed E-state index contributed by atoms with van der Waals surface area (Å²) >= 11 is 0. The molecule has 0 amide bonds. The Labute approximate surface area is 94.3 Å². The molecule has 0 atom stereocenters. The van der Waals surface area contributed by atoms with Gasteiger partial charge in [0.05, 0.1) is 0 Å². The number of hydrogen-bond acceptors (Lipinski definition) is 1. The largest absolute Gasteiger partial charge is 0.294 e. The van der Waals surface area contributed by atoms with E-state index in [1.807, 2.05) is 27.7 Å². The molecule has 1 nitrogen and oxygen atoms in total. The van der Waals surface area contributed by atoms with Gasteiger partial charge in [0.15, 0.2) is 5.78 Å². The molecule has 0 aliphatic heterocycles. The first-order chi connectivity index (χ1) is 6.83. The van der Waals surface area contributed by atoms with Gasteiger partial charge in [-0.15, -0.1) is 0 Å². The minimum absolute atomic E-state index is 0.104. The van der Waals surface area contributed by atoms with E-state index in [1.165, 1.54) is 0 Å². The van der Waals surface area contributed by atoms with Gasteiger partial charge in [-0.2, -0.15) is 0 Å². The highest BCUT2D eigenvalue weighted by Gasteiger charge is 2.32. The normalized spacial score (nSPS) is 19.5. The highest BCUT2D eigenvalue weighted by atomic mass is 16.1. The fraction of sp³-hybridized carbons (Fsp3) is 0.643. The van der Waals surface area contributed by atoms with E-state index in [0.29, 0.717) is 6.42 Å². The van der Waals surface area contributed by atoms with E-state index in [4.69, 9.17) is 0 Å². The average Bonchev–Trinajstić information content (AvgIpc) is 2.02. The van der Waals surface area contributed by atoms with Gasteiger partial charge in [-0.1, -0.05) is 39.8 Å². The van der Waals surface area contributed by atoms with Crippen LogP contribution in [-0.2, 0) is 4.79 Å². The van der Waals surface area contributed by atoms with Crippen molar-refractivity contribution in [1.29, 1.82) is 0 Å². The number of allylic oxidation sites excluding steroid dienone is 3. The van der Waals surface area contributed by atoms with Gasteiger partial charge in [-0.25, -0.2) is 0 Å². The number of ketones is 1. The third-order valence-corrected chi connectivity index (χ3v) is 2.46. The lowest BCUT2D eigenvalue weighted by Crippen LogP contribution is -2.26. The van der Waals surface area contributed by atoms with Gasteiger partial charge in [-0.3, -0.25) is 4.79 Å². The zero-order valence-corrected chi connectivity index (χ0v) is 11.0. The van der Waals surface area contributed by atoms with Crippen LogP contribution >= 0.6 is 0 Å². The number of rotatable bonds is 0. The number of hydrogen-bond donors (Lipinski definition) is 0. The van der Waals surface area contributed by atoms with E-state index >= 15 is 0 Å². The quantitative estimate of drug-likeness (QED) is 0.543. The lowest BCUT2D eigenvalue weighted by Gasteiger charge is -2.32. The standard InChI is InChI=1S/C12H18O.C2H6/c1-8(2)11-9(3)6-12(4,5)7-10(11)13;1-2/h3,6-7H2,1-2,4-5H3;1-2H3. The van der Waals surface area contributed by atoms with Crippen LogP contribution in [0.1, 0.15) is 54.4 Å². The fourth-order valence-electron chi connectivity index (χ4n) is 2.08. The molecule has 0 unspecified atom stereocenters. The van der Waals surface area contributed by atoms with Crippen molar-refractivity contribution in [3.05, 3.63) is 23.3 Å². The predicted octanol–water partition coefficient (Wildman–Crippen LogP) is 4.29. The van der Waals surface area contributed by atoms with Gasteiger partial charge in [0.25, 0.3) is 0 Å². The minimum Gasteiger partial charge on any atom is -0.294 e. The van der Waals surface area contributed by atoms with Crippen LogP contribution in [0.3, 0.4) is 0 Å². The Hall–Kier alpha value is -0.850. The molecule has 1 fully saturated rings. The average molecular weight is 208 g/mol. The summed E-state index contributed by atoms with van der Waals surface area (Å²) in [5.74, 6) is 0.265. The summed E-state index contributed by atoms with van der Waals surface area (Å²) in [5.41, 5.74) is 3.11. The van der Waals surface area contributed by atoms with Crippen LogP contribution in [0.5, 0.6) is 0 Å². The van der Waals surface area contributed by atoms with E-state index in [9.17, 15) is 4.79 Å². The maximum Gasteiger partial charge on any atom is 0.163 e. The van der Waals surface area contributed by atoms with Crippen LogP contribution < -0.4 is 0 Å². The smallest absolute Gasteiger partial charge is 0.163 e. The fourth-order valence-corrected chi connectivity index (χ4v) is 2.08. The molecular weight excluding hydrogens is 184 g/mol. The molecule has 1 aliphatic rings. The van der Waals surface area contributed by atoms with Gasteiger partial charge in [0, 0.05) is 12.0 Å². The second-order valence-corrected chi connectivity index (χ2v) is 4.92. The van der Waals surface area contributed by atoms with Gasteiger partial charge in [0.2, 0.25) is 0 Å². The summed E-state index contributed by atoms with van der Waals surface area (Å²) in [6.07, 6.45) is 1.60. The minimum atomic E-state index is 0.104. The molecule has 0 aromatic rings. The van der Waals surface area contributed by atoms with Crippen molar-refractivity contribution in [3.8, 4) is 0 Å². The van der Waals surface area contributed by atoms with Crippen molar-refractivity contribution in [1.82, 2.24) is 0 Å². The summed E-state index contributed by atoms with van der Waals surface area (Å²) in [6, 6.07) is 0. The molecule has 1 rings (SSSR count). The molecule has 0 saturated heterocycles. The summed E-state index contributed by atoms with van der Waals surface area (Å²) in [4.78, 5) is 11.7. The third kappa shape index (κ3) is 3.65. The zero-order chi connectivity index (χ0) is 12.2. The molecule has 0 aromatic carbocycles. The maximum atomic E-state index is 11.7. The molecule has 86 valence electrons. The number of carbonyl (C=O) groups is 1. The van der Waals surface area contributed by atoms with Crippen molar-refractivity contribution >= 4 is 5.78 Å². The van der Waals surface area contributed by atoms with Crippen molar-refractivity contribution in [2.24, 2.45) is 5.41 Å². The van der Waals surface area contributed by atoms with E-state index in [-0.39, 0.29) is 11.2 Å². The Kier molecular flexibility index (Phi) is 4.99. The van der Waals surface area contributed by atoms with Gasteiger partial charge in [-0.05, 0) is 31.3 Å². The first-order valence-corrected chi connectivity index (χ1v) is 5.72.